The Morgan fingerprint density at radius 3 is 3.09 bits per heavy atom. The Hall–Kier alpha value is -0.960. The number of carbonyl (C=O) groups is 1. The summed E-state index contributed by atoms with van der Waals surface area (Å²) in [4.78, 5) is 15.9. The Bertz CT molecular complexity index is 277. The van der Waals surface area contributed by atoms with Crippen LogP contribution in [0.5, 0.6) is 0 Å². The summed E-state index contributed by atoms with van der Waals surface area (Å²) in [7, 11) is 0. The van der Waals surface area contributed by atoms with Crippen molar-refractivity contribution in [2.24, 2.45) is 0 Å². The summed E-state index contributed by atoms with van der Waals surface area (Å²) >= 11 is 1.43. The van der Waals surface area contributed by atoms with Crippen LogP contribution >= 0.6 is 11.3 Å². The van der Waals surface area contributed by atoms with Crippen molar-refractivity contribution in [3.63, 3.8) is 0 Å². The summed E-state index contributed by atoms with van der Waals surface area (Å²) in [6.45, 7) is 5.38. The maximum Gasteiger partial charge on any atom is 0.178 e. The third kappa shape index (κ3) is 1.98. The van der Waals surface area contributed by atoms with Crippen molar-refractivity contribution in [1.29, 1.82) is 0 Å². The SMILES string of the molecule is C=CCC(=O)c1cnc(C)s1. The van der Waals surface area contributed by atoms with Crippen molar-refractivity contribution in [1.82, 2.24) is 4.98 Å². The van der Waals surface area contributed by atoms with E-state index in [2.05, 4.69) is 11.6 Å². The number of Topliss-reactive ketones (excluding diaryl/α,β-unsaturated/α-hetero) is 1. The van der Waals surface area contributed by atoms with Crippen LogP contribution in [0.2, 0.25) is 0 Å². The van der Waals surface area contributed by atoms with Gasteiger partial charge in [0.2, 0.25) is 0 Å². The topological polar surface area (TPSA) is 30.0 Å². The molecule has 3 heteroatoms. The van der Waals surface area contributed by atoms with Crippen molar-refractivity contribution in [2.75, 3.05) is 0 Å². The van der Waals surface area contributed by atoms with Crippen LogP contribution in [0.15, 0.2) is 18.9 Å². The van der Waals surface area contributed by atoms with Gasteiger partial charge in [-0.25, -0.2) is 4.98 Å². The first-order valence-electron chi connectivity index (χ1n) is 3.30. The molecule has 0 aliphatic rings. The molecule has 11 heavy (non-hydrogen) atoms. The number of thiazole rings is 1. The van der Waals surface area contributed by atoms with Crippen molar-refractivity contribution in [3.8, 4) is 0 Å². The molecule has 0 spiro atoms. The Morgan fingerprint density at radius 2 is 2.64 bits per heavy atom. The number of hydrogen-bond acceptors (Lipinski definition) is 3. The normalized spacial score (nSPS) is 9.55. The highest BCUT2D eigenvalue weighted by molar-refractivity contribution is 7.13. The van der Waals surface area contributed by atoms with Gasteiger partial charge < -0.3 is 0 Å². The van der Waals surface area contributed by atoms with E-state index in [1.54, 1.807) is 12.3 Å². The average Bonchev–Trinajstić information content (AvgIpc) is 2.36. The highest BCUT2D eigenvalue weighted by Crippen LogP contribution is 2.13. The molecule has 0 amide bonds. The van der Waals surface area contributed by atoms with Crippen LogP contribution in [-0.4, -0.2) is 10.8 Å². The first-order valence-corrected chi connectivity index (χ1v) is 4.12. The van der Waals surface area contributed by atoms with Gasteiger partial charge in [-0.2, -0.15) is 0 Å². The van der Waals surface area contributed by atoms with Crippen LogP contribution in [0.3, 0.4) is 0 Å². The number of rotatable bonds is 3. The highest BCUT2D eigenvalue weighted by atomic mass is 32.1. The third-order valence-corrected chi connectivity index (χ3v) is 2.18. The first-order chi connectivity index (χ1) is 5.24. The van der Waals surface area contributed by atoms with Crippen molar-refractivity contribution < 1.29 is 4.79 Å². The van der Waals surface area contributed by atoms with Crippen LogP contribution in [0.25, 0.3) is 0 Å². The fourth-order valence-corrected chi connectivity index (χ4v) is 1.45. The molecule has 58 valence electrons. The van der Waals surface area contributed by atoms with Gasteiger partial charge >= 0.3 is 0 Å². The molecule has 0 aliphatic heterocycles. The van der Waals surface area contributed by atoms with Gasteiger partial charge in [0.05, 0.1) is 9.88 Å². The minimum Gasteiger partial charge on any atom is -0.293 e. The number of aryl methyl sites for hydroxylation is 1. The Morgan fingerprint density at radius 1 is 1.91 bits per heavy atom. The molecular formula is C8H9NOS. The Kier molecular flexibility index (Phi) is 2.54. The van der Waals surface area contributed by atoms with E-state index in [1.165, 1.54) is 11.3 Å². The zero-order chi connectivity index (χ0) is 8.27. The second-order valence-corrected chi connectivity index (χ2v) is 3.39. The highest BCUT2D eigenvalue weighted by Gasteiger charge is 2.05. The molecule has 1 heterocycles. The van der Waals surface area contributed by atoms with Gasteiger partial charge in [-0.15, -0.1) is 17.9 Å². The number of nitrogens with zero attached hydrogens (tertiary/aromatic N) is 1. The molecule has 0 fully saturated rings. The van der Waals surface area contributed by atoms with Gasteiger partial charge in [-0.1, -0.05) is 6.08 Å². The lowest BCUT2D eigenvalue weighted by molar-refractivity contribution is 0.0999. The number of carbonyl (C=O) groups excluding carboxylic acids is 1. The molecular weight excluding hydrogens is 158 g/mol. The predicted molar refractivity (Wildman–Crippen MR) is 46.0 cm³/mol. The van der Waals surface area contributed by atoms with Crippen LogP contribution < -0.4 is 0 Å². The molecule has 0 aromatic carbocycles. The largest absolute Gasteiger partial charge is 0.293 e. The molecule has 1 aromatic rings. The fraction of sp³-hybridized carbons (Fsp3) is 0.250. The van der Waals surface area contributed by atoms with E-state index in [0.29, 0.717) is 6.42 Å². The molecule has 0 aliphatic carbocycles. The van der Waals surface area contributed by atoms with Crippen LogP contribution in [-0.2, 0) is 0 Å². The van der Waals surface area contributed by atoms with Gasteiger partial charge in [0.1, 0.15) is 0 Å². The number of ketones is 1. The zero-order valence-corrected chi connectivity index (χ0v) is 7.15. The fourth-order valence-electron chi connectivity index (χ4n) is 0.722. The summed E-state index contributed by atoms with van der Waals surface area (Å²) in [6.07, 6.45) is 3.63. The molecule has 0 saturated heterocycles. The van der Waals surface area contributed by atoms with E-state index >= 15 is 0 Å². The zero-order valence-electron chi connectivity index (χ0n) is 6.33. The minimum atomic E-state index is 0.102. The van der Waals surface area contributed by atoms with Gasteiger partial charge in [0, 0.05) is 12.6 Å². The molecule has 0 atom stereocenters. The lowest BCUT2D eigenvalue weighted by Gasteiger charge is -1.87. The molecule has 1 rings (SSSR count). The number of aromatic nitrogens is 1. The smallest absolute Gasteiger partial charge is 0.178 e. The van der Waals surface area contributed by atoms with Crippen molar-refractivity contribution in [2.45, 2.75) is 13.3 Å². The average molecular weight is 167 g/mol. The molecule has 2 nitrogen and oxygen atoms in total. The van der Waals surface area contributed by atoms with Gasteiger partial charge in [0.15, 0.2) is 5.78 Å². The van der Waals surface area contributed by atoms with Crippen LogP contribution in [0.1, 0.15) is 21.1 Å². The quantitative estimate of drug-likeness (QED) is 0.510. The van der Waals surface area contributed by atoms with E-state index in [9.17, 15) is 4.79 Å². The van der Waals surface area contributed by atoms with Crippen LogP contribution in [0, 0.1) is 6.92 Å². The molecule has 0 radical (unpaired) electrons. The second-order valence-electron chi connectivity index (χ2n) is 2.16. The van der Waals surface area contributed by atoms with E-state index in [-0.39, 0.29) is 5.78 Å². The van der Waals surface area contributed by atoms with E-state index < -0.39 is 0 Å². The number of allylic oxidation sites excluding steroid dienone is 1. The lowest BCUT2D eigenvalue weighted by Crippen LogP contribution is -1.91. The van der Waals surface area contributed by atoms with E-state index in [4.69, 9.17) is 0 Å². The minimum absolute atomic E-state index is 0.102. The Labute approximate surface area is 69.6 Å². The monoisotopic (exact) mass is 167 g/mol. The third-order valence-electron chi connectivity index (χ3n) is 1.23. The van der Waals surface area contributed by atoms with Gasteiger partial charge in [0.25, 0.3) is 0 Å². The summed E-state index contributed by atoms with van der Waals surface area (Å²) in [5, 5.41) is 0.928. The van der Waals surface area contributed by atoms with Crippen molar-refractivity contribution in [3.05, 3.63) is 28.7 Å². The maximum atomic E-state index is 11.2. The summed E-state index contributed by atoms with van der Waals surface area (Å²) < 4.78 is 0. The molecule has 0 bridgehead atoms. The van der Waals surface area contributed by atoms with Crippen LogP contribution in [0.4, 0.5) is 0 Å². The molecule has 0 N–H and O–H groups in total. The molecule has 0 saturated carbocycles. The second kappa shape index (κ2) is 3.44. The Balaban J connectivity index is 2.76. The van der Waals surface area contributed by atoms with Crippen molar-refractivity contribution >= 4 is 17.1 Å². The maximum absolute atomic E-state index is 11.2. The number of hydrogen-bond donors (Lipinski definition) is 0. The standard InChI is InChI=1S/C8H9NOS/c1-3-4-7(10)8-5-9-6(2)11-8/h3,5H,1,4H2,2H3. The molecule has 0 unspecified atom stereocenters. The van der Waals surface area contributed by atoms with Gasteiger partial charge in [-0.05, 0) is 6.92 Å². The van der Waals surface area contributed by atoms with E-state index in [0.717, 1.165) is 9.88 Å². The van der Waals surface area contributed by atoms with Gasteiger partial charge in [-0.3, -0.25) is 4.79 Å². The molecule has 1 aromatic heterocycles. The first kappa shape index (κ1) is 8.14. The summed E-state index contributed by atoms with van der Waals surface area (Å²) in [5.41, 5.74) is 0. The summed E-state index contributed by atoms with van der Waals surface area (Å²) in [6, 6.07) is 0. The van der Waals surface area contributed by atoms with E-state index in [1.807, 2.05) is 6.92 Å². The lowest BCUT2D eigenvalue weighted by atomic mass is 10.2. The summed E-state index contributed by atoms with van der Waals surface area (Å²) in [5.74, 6) is 0.102. The predicted octanol–water partition coefficient (Wildman–Crippen LogP) is 2.21.